The molecule has 1 aliphatic heterocycles. The molecule has 0 atom stereocenters. The Labute approximate surface area is 105 Å². The number of nitrogens with zero attached hydrogens (tertiary/aromatic N) is 1. The Hall–Kier alpha value is -1.02. The Balaban J connectivity index is 2.18. The maximum Gasteiger partial charge on any atom is 0.0399 e. The minimum Gasteiger partial charge on any atom is -0.371 e. The number of benzene rings is 1. The molecule has 17 heavy (non-hydrogen) atoms. The van der Waals surface area contributed by atoms with Crippen LogP contribution in [0.2, 0.25) is 0 Å². The molecule has 0 aromatic heterocycles. The van der Waals surface area contributed by atoms with Gasteiger partial charge in [0, 0.05) is 18.8 Å². The van der Waals surface area contributed by atoms with Crippen molar-refractivity contribution in [3.63, 3.8) is 0 Å². The van der Waals surface area contributed by atoms with Crippen molar-refractivity contribution < 1.29 is 0 Å². The highest BCUT2D eigenvalue weighted by Crippen LogP contribution is 2.27. The zero-order valence-corrected chi connectivity index (χ0v) is 11.1. The van der Waals surface area contributed by atoms with Gasteiger partial charge in [-0.05, 0) is 50.3 Å². The van der Waals surface area contributed by atoms with Crippen molar-refractivity contribution in [2.24, 2.45) is 11.7 Å². The molecule has 0 spiro atoms. The molecule has 1 heterocycles. The van der Waals surface area contributed by atoms with Crippen LogP contribution in [0.3, 0.4) is 0 Å². The highest BCUT2D eigenvalue weighted by molar-refractivity contribution is 5.55. The maximum atomic E-state index is 5.71. The van der Waals surface area contributed by atoms with E-state index in [9.17, 15) is 0 Å². The first-order chi connectivity index (χ1) is 8.20. The summed E-state index contributed by atoms with van der Waals surface area (Å²) < 4.78 is 0. The van der Waals surface area contributed by atoms with Crippen LogP contribution in [0.4, 0.5) is 5.69 Å². The fourth-order valence-corrected chi connectivity index (χ4v) is 2.63. The lowest BCUT2D eigenvalue weighted by Gasteiger charge is -2.33. The first-order valence-electron chi connectivity index (χ1n) is 6.75. The molecule has 0 bridgehead atoms. The van der Waals surface area contributed by atoms with Crippen molar-refractivity contribution in [1.82, 2.24) is 0 Å². The normalized spacial score (nSPS) is 17.5. The smallest absolute Gasteiger partial charge is 0.0399 e. The topological polar surface area (TPSA) is 29.3 Å². The largest absolute Gasteiger partial charge is 0.371 e. The van der Waals surface area contributed by atoms with Crippen molar-refractivity contribution in [3.05, 3.63) is 29.3 Å². The van der Waals surface area contributed by atoms with Gasteiger partial charge in [0.05, 0.1) is 0 Å². The van der Waals surface area contributed by atoms with E-state index in [0.717, 1.165) is 18.9 Å². The van der Waals surface area contributed by atoms with Crippen LogP contribution in [0.1, 0.15) is 30.9 Å². The summed E-state index contributed by atoms with van der Waals surface area (Å²) in [7, 11) is 0. The van der Waals surface area contributed by atoms with Crippen LogP contribution >= 0.6 is 0 Å². The van der Waals surface area contributed by atoms with Crippen LogP contribution < -0.4 is 10.6 Å². The molecule has 1 aromatic carbocycles. The molecule has 1 aromatic rings. The number of rotatable bonds is 3. The molecule has 1 saturated heterocycles. The fourth-order valence-electron chi connectivity index (χ4n) is 2.63. The van der Waals surface area contributed by atoms with Gasteiger partial charge in [0.1, 0.15) is 0 Å². The molecule has 2 heteroatoms. The summed E-state index contributed by atoms with van der Waals surface area (Å²) in [4.78, 5) is 2.53. The SMILES string of the molecule is Cc1ccc(N2CCC(C)CC2)c(CCN)c1. The van der Waals surface area contributed by atoms with Crippen molar-refractivity contribution >= 4 is 5.69 Å². The van der Waals surface area contributed by atoms with Crippen LogP contribution in [0.15, 0.2) is 18.2 Å². The third-order valence-corrected chi connectivity index (χ3v) is 3.77. The summed E-state index contributed by atoms with van der Waals surface area (Å²) in [6.45, 7) is 7.64. The Morgan fingerprint density at radius 2 is 2.00 bits per heavy atom. The molecular formula is C15H24N2. The average molecular weight is 232 g/mol. The Kier molecular flexibility index (Phi) is 4.06. The van der Waals surface area contributed by atoms with Gasteiger partial charge in [0.15, 0.2) is 0 Å². The molecule has 0 radical (unpaired) electrons. The molecule has 0 unspecified atom stereocenters. The monoisotopic (exact) mass is 232 g/mol. The first-order valence-corrected chi connectivity index (χ1v) is 6.75. The maximum absolute atomic E-state index is 5.71. The minimum atomic E-state index is 0.737. The third-order valence-electron chi connectivity index (χ3n) is 3.77. The second-order valence-corrected chi connectivity index (χ2v) is 5.34. The van der Waals surface area contributed by atoms with Gasteiger partial charge in [-0.1, -0.05) is 24.6 Å². The van der Waals surface area contributed by atoms with Crippen LogP contribution in [-0.4, -0.2) is 19.6 Å². The summed E-state index contributed by atoms with van der Waals surface area (Å²) in [6, 6.07) is 6.78. The summed E-state index contributed by atoms with van der Waals surface area (Å²) in [5.41, 5.74) is 9.88. The lowest BCUT2D eigenvalue weighted by atomic mass is 9.97. The molecule has 1 aliphatic rings. The average Bonchev–Trinajstić information content (AvgIpc) is 2.31. The standard InChI is InChI=1S/C15H24N2/c1-12-6-9-17(10-7-12)15-4-3-13(2)11-14(15)5-8-16/h3-4,11-12H,5-10,16H2,1-2H3. The number of aryl methyl sites for hydroxylation is 1. The van der Waals surface area contributed by atoms with E-state index >= 15 is 0 Å². The van der Waals surface area contributed by atoms with Gasteiger partial charge in [0.2, 0.25) is 0 Å². The van der Waals surface area contributed by atoms with E-state index in [1.54, 1.807) is 0 Å². The van der Waals surface area contributed by atoms with Crippen LogP contribution in [0.25, 0.3) is 0 Å². The minimum absolute atomic E-state index is 0.737. The molecule has 0 saturated carbocycles. The number of hydrogen-bond acceptors (Lipinski definition) is 2. The Morgan fingerprint density at radius 1 is 1.29 bits per heavy atom. The van der Waals surface area contributed by atoms with Gasteiger partial charge < -0.3 is 10.6 Å². The van der Waals surface area contributed by atoms with E-state index in [-0.39, 0.29) is 0 Å². The summed E-state index contributed by atoms with van der Waals surface area (Å²) >= 11 is 0. The van der Waals surface area contributed by atoms with Crippen molar-refractivity contribution in [3.8, 4) is 0 Å². The number of hydrogen-bond donors (Lipinski definition) is 1. The summed E-state index contributed by atoms with van der Waals surface area (Å²) in [6.07, 6.45) is 3.62. The Morgan fingerprint density at radius 3 is 2.65 bits per heavy atom. The van der Waals surface area contributed by atoms with Crippen molar-refractivity contribution in [2.75, 3.05) is 24.5 Å². The number of nitrogens with two attached hydrogens (primary N) is 1. The molecule has 0 amide bonds. The molecule has 94 valence electrons. The molecular weight excluding hydrogens is 208 g/mol. The van der Waals surface area contributed by atoms with Gasteiger partial charge in [0.25, 0.3) is 0 Å². The van der Waals surface area contributed by atoms with E-state index in [1.165, 1.54) is 42.7 Å². The highest BCUT2D eigenvalue weighted by atomic mass is 15.1. The van der Waals surface area contributed by atoms with Crippen LogP contribution in [-0.2, 0) is 6.42 Å². The molecule has 2 N–H and O–H groups in total. The van der Waals surface area contributed by atoms with Crippen molar-refractivity contribution in [2.45, 2.75) is 33.1 Å². The van der Waals surface area contributed by atoms with Gasteiger partial charge in [-0.25, -0.2) is 0 Å². The Bertz CT molecular complexity index is 365. The lowest BCUT2D eigenvalue weighted by Crippen LogP contribution is -2.33. The van der Waals surface area contributed by atoms with Crippen molar-refractivity contribution in [1.29, 1.82) is 0 Å². The van der Waals surface area contributed by atoms with E-state index in [2.05, 4.69) is 36.9 Å². The summed E-state index contributed by atoms with van der Waals surface area (Å²) in [5, 5.41) is 0. The van der Waals surface area contributed by atoms with Gasteiger partial charge in [-0.3, -0.25) is 0 Å². The third kappa shape index (κ3) is 3.01. The second-order valence-electron chi connectivity index (χ2n) is 5.34. The second kappa shape index (κ2) is 5.54. The first kappa shape index (κ1) is 12.4. The van der Waals surface area contributed by atoms with Gasteiger partial charge in [-0.2, -0.15) is 0 Å². The lowest BCUT2D eigenvalue weighted by molar-refractivity contribution is 0.438. The zero-order chi connectivity index (χ0) is 12.3. The predicted molar refractivity (Wildman–Crippen MR) is 74.5 cm³/mol. The van der Waals surface area contributed by atoms with Crippen LogP contribution in [0, 0.1) is 12.8 Å². The summed E-state index contributed by atoms with van der Waals surface area (Å²) in [5.74, 6) is 0.884. The molecule has 1 fully saturated rings. The predicted octanol–water partition coefficient (Wildman–Crippen LogP) is 2.73. The fraction of sp³-hybridized carbons (Fsp3) is 0.600. The van der Waals surface area contributed by atoms with E-state index in [4.69, 9.17) is 5.73 Å². The van der Waals surface area contributed by atoms with Gasteiger partial charge in [-0.15, -0.1) is 0 Å². The van der Waals surface area contributed by atoms with Gasteiger partial charge >= 0.3 is 0 Å². The molecule has 2 rings (SSSR count). The molecule has 2 nitrogen and oxygen atoms in total. The van der Waals surface area contributed by atoms with E-state index in [1.807, 2.05) is 0 Å². The zero-order valence-electron chi connectivity index (χ0n) is 11.1. The van der Waals surface area contributed by atoms with E-state index < -0.39 is 0 Å². The quantitative estimate of drug-likeness (QED) is 0.868. The van der Waals surface area contributed by atoms with E-state index in [0.29, 0.717) is 0 Å². The number of piperidine rings is 1. The highest BCUT2D eigenvalue weighted by Gasteiger charge is 2.17. The molecule has 0 aliphatic carbocycles. The van der Waals surface area contributed by atoms with Crippen LogP contribution in [0.5, 0.6) is 0 Å². The number of anilines is 1.